The van der Waals surface area contributed by atoms with Crippen molar-refractivity contribution in [3.63, 3.8) is 0 Å². The van der Waals surface area contributed by atoms with Crippen LogP contribution in [0.5, 0.6) is 0 Å². The number of hydrogen-bond acceptors (Lipinski definition) is 3. The minimum absolute atomic E-state index is 0.269. The van der Waals surface area contributed by atoms with E-state index in [9.17, 15) is 4.39 Å². The Morgan fingerprint density at radius 1 is 1.39 bits per heavy atom. The van der Waals surface area contributed by atoms with Crippen molar-refractivity contribution >= 4 is 0 Å². The molecular weight excluding hydrogens is 231 g/mol. The molecule has 2 rings (SSSR count). The fraction of sp³-hybridized carbons (Fsp3) is 0.308. The Balaban J connectivity index is 2.32. The molecule has 0 aliphatic carbocycles. The van der Waals surface area contributed by atoms with Crippen LogP contribution in [0.4, 0.5) is 4.39 Å². The van der Waals surface area contributed by atoms with Crippen LogP contribution in [0.15, 0.2) is 24.3 Å². The monoisotopic (exact) mass is 244 g/mol. The van der Waals surface area contributed by atoms with Gasteiger partial charge in [0.2, 0.25) is 0 Å². The van der Waals surface area contributed by atoms with Gasteiger partial charge in [0.1, 0.15) is 11.9 Å². The second-order valence-electron chi connectivity index (χ2n) is 4.00. The highest BCUT2D eigenvalue weighted by atomic mass is 19.1. The zero-order chi connectivity index (χ0) is 13.0. The first kappa shape index (κ1) is 12.2. The molecule has 0 saturated heterocycles. The zero-order valence-electron chi connectivity index (χ0n) is 10.1. The Bertz CT molecular complexity index is 583. The molecule has 18 heavy (non-hydrogen) atoms. The highest BCUT2D eigenvalue weighted by Gasteiger charge is 2.13. The smallest absolute Gasteiger partial charge is 0.185 e. The van der Waals surface area contributed by atoms with Gasteiger partial charge in [-0.05, 0) is 12.5 Å². The van der Waals surface area contributed by atoms with E-state index in [2.05, 4.69) is 10.3 Å². The van der Waals surface area contributed by atoms with Crippen LogP contribution in [0.2, 0.25) is 0 Å². The summed E-state index contributed by atoms with van der Waals surface area (Å²) in [6, 6.07) is 8.56. The summed E-state index contributed by atoms with van der Waals surface area (Å²) in [5, 5.41) is 16.7. The number of aromatic nitrogens is 3. The minimum atomic E-state index is -0.269. The maximum absolute atomic E-state index is 13.6. The second kappa shape index (κ2) is 5.41. The summed E-state index contributed by atoms with van der Waals surface area (Å²) in [7, 11) is 0. The highest BCUT2D eigenvalue weighted by molar-refractivity contribution is 5.26. The van der Waals surface area contributed by atoms with Crippen molar-refractivity contribution in [3.05, 3.63) is 47.0 Å². The van der Waals surface area contributed by atoms with Gasteiger partial charge in [-0.25, -0.2) is 9.07 Å². The van der Waals surface area contributed by atoms with Gasteiger partial charge in [-0.1, -0.05) is 36.8 Å². The summed E-state index contributed by atoms with van der Waals surface area (Å²) in [6.07, 6.45) is 1.60. The molecule has 2 aromatic rings. The number of halogens is 1. The molecule has 0 radical (unpaired) electrons. The molecule has 0 aliphatic rings. The molecule has 1 heterocycles. The predicted octanol–water partition coefficient (Wildman–Crippen LogP) is 2.29. The van der Waals surface area contributed by atoms with Crippen LogP contribution in [0.1, 0.15) is 30.3 Å². The average molecular weight is 244 g/mol. The largest absolute Gasteiger partial charge is 0.243 e. The van der Waals surface area contributed by atoms with Crippen molar-refractivity contribution in [2.45, 2.75) is 26.3 Å². The van der Waals surface area contributed by atoms with Gasteiger partial charge >= 0.3 is 0 Å². The van der Waals surface area contributed by atoms with E-state index in [0.717, 1.165) is 12.1 Å². The molecule has 5 heteroatoms. The quantitative estimate of drug-likeness (QED) is 0.829. The van der Waals surface area contributed by atoms with Crippen LogP contribution in [-0.4, -0.2) is 15.0 Å². The van der Waals surface area contributed by atoms with Gasteiger partial charge in [0.05, 0.1) is 12.2 Å². The number of benzene rings is 1. The topological polar surface area (TPSA) is 54.5 Å². The summed E-state index contributed by atoms with van der Waals surface area (Å²) in [6.45, 7) is 2.32. The lowest BCUT2D eigenvalue weighted by Crippen LogP contribution is -2.08. The Morgan fingerprint density at radius 3 is 2.83 bits per heavy atom. The molecule has 0 N–H and O–H groups in total. The fourth-order valence-corrected chi connectivity index (χ4v) is 1.82. The molecular formula is C13H13FN4. The molecule has 1 aromatic heterocycles. The molecule has 0 spiro atoms. The predicted molar refractivity (Wildman–Crippen MR) is 64.2 cm³/mol. The summed E-state index contributed by atoms with van der Waals surface area (Å²) in [4.78, 5) is 0. The van der Waals surface area contributed by atoms with Gasteiger partial charge in [0.15, 0.2) is 5.69 Å². The van der Waals surface area contributed by atoms with Crippen molar-refractivity contribution in [2.24, 2.45) is 0 Å². The summed E-state index contributed by atoms with van der Waals surface area (Å²) < 4.78 is 15.2. The zero-order valence-corrected chi connectivity index (χ0v) is 10.1. The standard InChI is InChI=1S/C13H13FN4/c1-2-5-13-12(8-15)16-17-18(13)9-10-6-3-4-7-11(10)14/h3-4,6-7H,2,5,9H2,1H3. The first-order valence-electron chi connectivity index (χ1n) is 5.82. The van der Waals surface area contributed by atoms with Gasteiger partial charge in [-0.3, -0.25) is 0 Å². The lowest BCUT2D eigenvalue weighted by atomic mass is 10.2. The summed E-state index contributed by atoms with van der Waals surface area (Å²) in [5.74, 6) is -0.269. The molecule has 92 valence electrons. The van der Waals surface area contributed by atoms with Crippen LogP contribution in [0, 0.1) is 17.1 Å². The molecule has 0 fully saturated rings. The van der Waals surface area contributed by atoms with E-state index in [-0.39, 0.29) is 5.82 Å². The van der Waals surface area contributed by atoms with Crippen molar-refractivity contribution in [1.29, 1.82) is 5.26 Å². The van der Waals surface area contributed by atoms with E-state index in [0.29, 0.717) is 24.2 Å². The van der Waals surface area contributed by atoms with Crippen molar-refractivity contribution in [2.75, 3.05) is 0 Å². The summed E-state index contributed by atoms with van der Waals surface area (Å²) >= 11 is 0. The maximum Gasteiger partial charge on any atom is 0.185 e. The molecule has 1 aromatic carbocycles. The normalized spacial score (nSPS) is 10.3. The van der Waals surface area contributed by atoms with Crippen LogP contribution in [-0.2, 0) is 13.0 Å². The fourth-order valence-electron chi connectivity index (χ4n) is 1.82. The Morgan fingerprint density at radius 2 is 2.17 bits per heavy atom. The Hall–Kier alpha value is -2.22. The Kier molecular flexibility index (Phi) is 3.68. The van der Waals surface area contributed by atoms with Crippen molar-refractivity contribution in [1.82, 2.24) is 15.0 Å². The van der Waals surface area contributed by atoms with Crippen LogP contribution in [0.3, 0.4) is 0 Å². The van der Waals surface area contributed by atoms with Crippen molar-refractivity contribution in [3.8, 4) is 6.07 Å². The molecule has 0 amide bonds. The number of nitrogens with zero attached hydrogens (tertiary/aromatic N) is 4. The molecule has 0 aliphatic heterocycles. The van der Waals surface area contributed by atoms with Gasteiger partial charge in [-0.2, -0.15) is 5.26 Å². The third-order valence-electron chi connectivity index (χ3n) is 2.71. The lowest BCUT2D eigenvalue weighted by molar-refractivity contribution is 0.564. The molecule has 0 unspecified atom stereocenters. The van der Waals surface area contributed by atoms with Crippen LogP contribution < -0.4 is 0 Å². The van der Waals surface area contributed by atoms with Gasteiger partial charge in [0, 0.05) is 5.56 Å². The Labute approximate surface area is 105 Å². The second-order valence-corrected chi connectivity index (χ2v) is 4.00. The third kappa shape index (κ3) is 2.38. The van der Waals surface area contributed by atoms with Gasteiger partial charge in [0.25, 0.3) is 0 Å². The summed E-state index contributed by atoms with van der Waals surface area (Å²) in [5.41, 5.74) is 1.64. The molecule has 0 atom stereocenters. The number of rotatable bonds is 4. The van der Waals surface area contributed by atoms with Crippen LogP contribution >= 0.6 is 0 Å². The van der Waals surface area contributed by atoms with E-state index >= 15 is 0 Å². The van der Waals surface area contributed by atoms with Gasteiger partial charge < -0.3 is 0 Å². The van der Waals surface area contributed by atoms with E-state index < -0.39 is 0 Å². The first-order chi connectivity index (χ1) is 8.76. The highest BCUT2D eigenvalue weighted by Crippen LogP contribution is 2.12. The molecule has 0 bridgehead atoms. The number of hydrogen-bond donors (Lipinski definition) is 0. The van der Waals surface area contributed by atoms with Gasteiger partial charge in [-0.15, -0.1) is 5.10 Å². The van der Waals surface area contributed by atoms with Crippen molar-refractivity contribution < 1.29 is 4.39 Å². The minimum Gasteiger partial charge on any atom is -0.243 e. The lowest BCUT2D eigenvalue weighted by Gasteiger charge is -2.06. The van der Waals surface area contributed by atoms with E-state index in [1.165, 1.54) is 6.07 Å². The average Bonchev–Trinajstić information content (AvgIpc) is 2.75. The number of nitriles is 1. The maximum atomic E-state index is 13.6. The van der Waals surface area contributed by atoms with E-state index in [1.807, 2.05) is 13.0 Å². The molecule has 0 saturated carbocycles. The van der Waals surface area contributed by atoms with E-state index in [4.69, 9.17) is 5.26 Å². The van der Waals surface area contributed by atoms with E-state index in [1.54, 1.807) is 22.9 Å². The first-order valence-corrected chi connectivity index (χ1v) is 5.82. The third-order valence-corrected chi connectivity index (χ3v) is 2.71. The molecule has 4 nitrogen and oxygen atoms in total. The van der Waals surface area contributed by atoms with Crippen LogP contribution in [0.25, 0.3) is 0 Å². The SMILES string of the molecule is CCCc1c(C#N)nnn1Cc1ccccc1F.